The summed E-state index contributed by atoms with van der Waals surface area (Å²) in [6, 6.07) is 4.64. The number of aryl methyl sites for hydroxylation is 1. The molecule has 1 aromatic carbocycles. The Balaban J connectivity index is 2.12. The minimum atomic E-state index is -0.239. The number of rotatable bonds is 3. The average molecular weight is 234 g/mol. The van der Waals surface area contributed by atoms with Gasteiger partial charge in [-0.1, -0.05) is 0 Å². The van der Waals surface area contributed by atoms with Crippen LogP contribution in [0, 0.1) is 18.7 Å². The summed E-state index contributed by atoms with van der Waals surface area (Å²) in [6.07, 6.45) is 2.33. The van der Waals surface area contributed by atoms with Crippen molar-refractivity contribution in [1.29, 1.82) is 0 Å². The zero-order valence-electron chi connectivity index (χ0n) is 9.66. The second-order valence-electron chi connectivity index (χ2n) is 4.71. The summed E-state index contributed by atoms with van der Waals surface area (Å²) in [5.74, 6) is 6.73. The van der Waals surface area contributed by atoms with Crippen LogP contribution in [0.3, 0.4) is 0 Å². The van der Waals surface area contributed by atoms with Crippen LogP contribution in [0.4, 0.5) is 4.39 Å². The third kappa shape index (κ3) is 1.73. The highest BCUT2D eigenvalue weighted by Crippen LogP contribution is 2.43. The molecule has 1 heterocycles. The number of nitrogens with two attached hydrogens (primary N) is 1. The first-order valence-electron chi connectivity index (χ1n) is 5.85. The van der Waals surface area contributed by atoms with Gasteiger partial charge >= 0.3 is 0 Å². The standard InChI is InChI=1S/C13H15FN2O/c1-7-10-6-9(14)4-5-11(10)17-13(7)12(16-15)8-2-3-8/h4-6,8,12,16H,2-3,15H2,1H3. The van der Waals surface area contributed by atoms with E-state index < -0.39 is 0 Å². The van der Waals surface area contributed by atoms with Crippen LogP contribution in [0.5, 0.6) is 0 Å². The van der Waals surface area contributed by atoms with E-state index in [1.807, 2.05) is 6.92 Å². The fraction of sp³-hybridized carbons (Fsp3) is 0.385. The first-order valence-corrected chi connectivity index (χ1v) is 5.85. The highest BCUT2D eigenvalue weighted by atomic mass is 19.1. The number of furan rings is 1. The fourth-order valence-electron chi connectivity index (χ4n) is 2.36. The molecule has 3 N–H and O–H groups in total. The molecule has 1 unspecified atom stereocenters. The van der Waals surface area contributed by atoms with Gasteiger partial charge in [-0.05, 0) is 43.9 Å². The molecule has 3 rings (SSSR count). The highest BCUT2D eigenvalue weighted by Gasteiger charge is 2.35. The molecule has 0 aliphatic heterocycles. The molecular formula is C13H15FN2O. The van der Waals surface area contributed by atoms with Crippen molar-refractivity contribution in [2.45, 2.75) is 25.8 Å². The second kappa shape index (κ2) is 3.82. The molecule has 2 aromatic rings. The topological polar surface area (TPSA) is 51.2 Å². The van der Waals surface area contributed by atoms with Gasteiger partial charge in [-0.25, -0.2) is 9.82 Å². The number of hydrogen-bond donors (Lipinski definition) is 2. The van der Waals surface area contributed by atoms with Gasteiger partial charge in [0.25, 0.3) is 0 Å². The van der Waals surface area contributed by atoms with Crippen LogP contribution in [-0.2, 0) is 0 Å². The molecule has 17 heavy (non-hydrogen) atoms. The number of hydrogen-bond acceptors (Lipinski definition) is 3. The van der Waals surface area contributed by atoms with E-state index in [2.05, 4.69) is 5.43 Å². The maximum absolute atomic E-state index is 13.2. The number of hydrazine groups is 1. The minimum absolute atomic E-state index is 0.0467. The van der Waals surface area contributed by atoms with Gasteiger partial charge in [0, 0.05) is 10.9 Å². The Morgan fingerprint density at radius 2 is 2.24 bits per heavy atom. The highest BCUT2D eigenvalue weighted by molar-refractivity contribution is 5.82. The summed E-state index contributed by atoms with van der Waals surface area (Å²) in [5.41, 5.74) is 4.51. The van der Waals surface area contributed by atoms with E-state index in [1.165, 1.54) is 25.0 Å². The van der Waals surface area contributed by atoms with Gasteiger partial charge in [-0.3, -0.25) is 5.84 Å². The van der Waals surface area contributed by atoms with Gasteiger partial charge in [0.15, 0.2) is 0 Å². The van der Waals surface area contributed by atoms with Crippen LogP contribution in [0.2, 0.25) is 0 Å². The van der Waals surface area contributed by atoms with Gasteiger partial charge in [0.2, 0.25) is 0 Å². The summed E-state index contributed by atoms with van der Waals surface area (Å²) >= 11 is 0. The molecule has 0 amide bonds. The third-order valence-corrected chi connectivity index (χ3v) is 3.49. The van der Waals surface area contributed by atoms with E-state index in [1.54, 1.807) is 6.07 Å². The molecule has 90 valence electrons. The van der Waals surface area contributed by atoms with Crippen LogP contribution in [0.15, 0.2) is 22.6 Å². The summed E-state index contributed by atoms with van der Waals surface area (Å²) in [4.78, 5) is 0. The Kier molecular flexibility index (Phi) is 2.42. The van der Waals surface area contributed by atoms with Gasteiger partial charge < -0.3 is 4.42 Å². The molecule has 0 bridgehead atoms. The molecule has 1 saturated carbocycles. The minimum Gasteiger partial charge on any atom is -0.459 e. The molecule has 1 fully saturated rings. The molecule has 0 spiro atoms. The van der Waals surface area contributed by atoms with Crippen molar-refractivity contribution in [3.8, 4) is 0 Å². The average Bonchev–Trinajstić information content (AvgIpc) is 3.09. The molecule has 0 radical (unpaired) electrons. The van der Waals surface area contributed by atoms with Gasteiger partial charge in [-0.15, -0.1) is 0 Å². The van der Waals surface area contributed by atoms with Crippen LogP contribution >= 0.6 is 0 Å². The van der Waals surface area contributed by atoms with Crippen molar-refractivity contribution in [3.63, 3.8) is 0 Å². The van der Waals surface area contributed by atoms with Crippen molar-refractivity contribution >= 4 is 11.0 Å². The lowest BCUT2D eigenvalue weighted by molar-refractivity contribution is 0.400. The zero-order chi connectivity index (χ0) is 12.0. The quantitative estimate of drug-likeness (QED) is 0.634. The lowest BCUT2D eigenvalue weighted by atomic mass is 10.0. The van der Waals surface area contributed by atoms with Crippen LogP contribution in [-0.4, -0.2) is 0 Å². The van der Waals surface area contributed by atoms with Crippen LogP contribution < -0.4 is 11.3 Å². The van der Waals surface area contributed by atoms with Crippen molar-refractivity contribution in [2.24, 2.45) is 11.8 Å². The van der Waals surface area contributed by atoms with E-state index in [0.29, 0.717) is 5.92 Å². The molecule has 1 aliphatic carbocycles. The maximum atomic E-state index is 13.2. The predicted molar refractivity (Wildman–Crippen MR) is 63.7 cm³/mol. The summed E-state index contributed by atoms with van der Waals surface area (Å²) < 4.78 is 19.0. The van der Waals surface area contributed by atoms with E-state index in [4.69, 9.17) is 10.3 Å². The van der Waals surface area contributed by atoms with Crippen molar-refractivity contribution in [3.05, 3.63) is 35.3 Å². The zero-order valence-corrected chi connectivity index (χ0v) is 9.66. The number of benzene rings is 1. The molecular weight excluding hydrogens is 219 g/mol. The number of fused-ring (bicyclic) bond motifs is 1. The van der Waals surface area contributed by atoms with Gasteiger partial charge in [-0.2, -0.15) is 0 Å². The molecule has 3 nitrogen and oxygen atoms in total. The second-order valence-corrected chi connectivity index (χ2v) is 4.71. The van der Waals surface area contributed by atoms with Gasteiger partial charge in [0.05, 0.1) is 6.04 Å². The van der Waals surface area contributed by atoms with Crippen LogP contribution in [0.25, 0.3) is 11.0 Å². The largest absolute Gasteiger partial charge is 0.459 e. The maximum Gasteiger partial charge on any atom is 0.134 e. The third-order valence-electron chi connectivity index (χ3n) is 3.49. The van der Waals surface area contributed by atoms with Crippen molar-refractivity contribution < 1.29 is 8.81 Å². The molecule has 4 heteroatoms. The number of nitrogens with one attached hydrogen (secondary N) is 1. The Morgan fingerprint density at radius 1 is 1.47 bits per heavy atom. The normalized spacial score (nSPS) is 17.6. The number of halogens is 1. The monoisotopic (exact) mass is 234 g/mol. The SMILES string of the molecule is Cc1c(C(NN)C2CC2)oc2ccc(F)cc12. The predicted octanol–water partition coefficient (Wildman–Crippen LogP) is 2.79. The lowest BCUT2D eigenvalue weighted by Crippen LogP contribution is -2.29. The summed E-state index contributed by atoms with van der Waals surface area (Å²) in [6.45, 7) is 1.95. The summed E-state index contributed by atoms with van der Waals surface area (Å²) in [5, 5.41) is 0.834. The Morgan fingerprint density at radius 3 is 2.88 bits per heavy atom. The molecule has 0 saturated heterocycles. The first kappa shape index (κ1) is 10.7. The van der Waals surface area contributed by atoms with Gasteiger partial charge in [0.1, 0.15) is 17.2 Å². The Bertz CT molecular complexity index is 560. The van der Waals surface area contributed by atoms with E-state index in [-0.39, 0.29) is 11.9 Å². The Labute approximate surface area is 98.8 Å². The first-order chi connectivity index (χ1) is 8.20. The lowest BCUT2D eigenvalue weighted by Gasteiger charge is -2.12. The van der Waals surface area contributed by atoms with Crippen molar-refractivity contribution in [1.82, 2.24) is 5.43 Å². The van der Waals surface area contributed by atoms with E-state index in [0.717, 1.165) is 22.3 Å². The molecule has 1 aromatic heterocycles. The fourth-order valence-corrected chi connectivity index (χ4v) is 2.36. The molecule has 1 aliphatic rings. The smallest absolute Gasteiger partial charge is 0.134 e. The van der Waals surface area contributed by atoms with E-state index in [9.17, 15) is 4.39 Å². The Hall–Kier alpha value is -1.39. The summed E-state index contributed by atoms with van der Waals surface area (Å²) in [7, 11) is 0. The molecule has 1 atom stereocenters. The van der Waals surface area contributed by atoms with Crippen molar-refractivity contribution in [2.75, 3.05) is 0 Å². The van der Waals surface area contributed by atoms with E-state index >= 15 is 0 Å². The van der Waals surface area contributed by atoms with Crippen LogP contribution in [0.1, 0.15) is 30.2 Å².